The van der Waals surface area contributed by atoms with E-state index in [0.717, 1.165) is 32.1 Å². The second-order valence-corrected chi connectivity index (χ2v) is 22.4. The Morgan fingerprint density at radius 3 is 1.80 bits per heavy atom. The molecule has 9 aromatic carbocycles. The van der Waals surface area contributed by atoms with Gasteiger partial charge in [-0.2, -0.15) is 13.5 Å². The lowest BCUT2D eigenvalue weighted by Gasteiger charge is -2.28. The summed E-state index contributed by atoms with van der Waals surface area (Å²) in [5.41, 5.74) is 25.3. The van der Waals surface area contributed by atoms with Gasteiger partial charge in [0.1, 0.15) is 0 Å². The lowest BCUT2D eigenvalue weighted by molar-refractivity contribution is 0.583. The highest BCUT2D eigenvalue weighted by Gasteiger charge is 2.40. The van der Waals surface area contributed by atoms with Crippen LogP contribution in [0, 0.1) is 0 Å². The number of aromatic nitrogens is 2. The number of benzene rings is 9. The number of alkyl halides is 1. The first-order valence-corrected chi connectivity index (χ1v) is 30.1. The number of fused-ring (bicyclic) bond motifs is 14. The van der Waals surface area contributed by atoms with Crippen LogP contribution in [0.15, 0.2) is 236 Å². The summed E-state index contributed by atoms with van der Waals surface area (Å²) in [5.74, 6) is 0. The summed E-state index contributed by atoms with van der Waals surface area (Å²) < 4.78 is 12.2. The Morgan fingerprint density at radius 2 is 1.12 bits per heavy atom. The average molecular weight is 1120 g/mol. The van der Waals surface area contributed by atoms with E-state index in [1.54, 1.807) is 6.08 Å². The molecule has 1 atom stereocenters. The molecule has 2 heterocycles. The molecule has 0 amide bonds. The molecule has 1 N–H and O–H groups in total. The van der Waals surface area contributed by atoms with Gasteiger partial charge in [-0.3, -0.25) is 4.39 Å². The lowest BCUT2D eigenvalue weighted by Crippen LogP contribution is -2.23. The first-order chi connectivity index (χ1) is 40.7. The largest absolute Gasteiger partial charge is 0.355 e. The van der Waals surface area contributed by atoms with Gasteiger partial charge < -0.3 is 9.55 Å². The smallest absolute Gasteiger partial charge is 0.0785 e. The highest BCUT2D eigenvalue weighted by Crippen LogP contribution is 2.54. The van der Waals surface area contributed by atoms with E-state index < -0.39 is 0 Å². The van der Waals surface area contributed by atoms with E-state index >= 15 is 0 Å². The van der Waals surface area contributed by atoms with E-state index in [4.69, 9.17) is 0 Å². The van der Waals surface area contributed by atoms with Crippen molar-refractivity contribution in [3.8, 4) is 39.1 Å². The summed E-state index contributed by atoms with van der Waals surface area (Å²) >= 11 is 0. The summed E-state index contributed by atoms with van der Waals surface area (Å²) in [4.78, 5) is 3.74. The molecule has 84 heavy (non-hydrogen) atoms. The number of aromatic amines is 1. The summed E-state index contributed by atoms with van der Waals surface area (Å²) in [6.45, 7) is 21.0. The van der Waals surface area contributed by atoms with Crippen LogP contribution >= 0.6 is 13.5 Å². The minimum atomic E-state index is -0.175. The molecule has 0 bridgehead atoms. The zero-order valence-corrected chi connectivity index (χ0v) is 51.4. The maximum Gasteiger partial charge on any atom is 0.0785 e. The molecule has 0 aliphatic heterocycles. The maximum absolute atomic E-state index is 9.50. The van der Waals surface area contributed by atoms with Crippen LogP contribution in [-0.4, -0.2) is 16.7 Å². The van der Waals surface area contributed by atoms with Crippen LogP contribution in [0.25, 0.3) is 99.4 Å². The van der Waals surface area contributed by atoms with Gasteiger partial charge in [0.25, 0.3) is 0 Å². The van der Waals surface area contributed by atoms with Gasteiger partial charge in [0.15, 0.2) is 0 Å². The normalized spacial score (nSPS) is 16.5. The molecular formula is C80H79FN2S. The van der Waals surface area contributed by atoms with Crippen LogP contribution in [0.2, 0.25) is 0 Å². The van der Waals surface area contributed by atoms with Gasteiger partial charge >= 0.3 is 0 Å². The van der Waals surface area contributed by atoms with Crippen molar-refractivity contribution in [2.45, 2.75) is 98.3 Å². The molecule has 0 saturated carbocycles. The van der Waals surface area contributed by atoms with Crippen molar-refractivity contribution in [3.05, 3.63) is 275 Å². The van der Waals surface area contributed by atoms with E-state index in [2.05, 4.69) is 250 Å². The van der Waals surface area contributed by atoms with Gasteiger partial charge in [0, 0.05) is 60.1 Å². The van der Waals surface area contributed by atoms with Crippen LogP contribution in [0.3, 0.4) is 0 Å². The number of nitrogens with zero attached hydrogens (tertiary/aromatic N) is 1. The summed E-state index contributed by atoms with van der Waals surface area (Å²) in [6, 6.07) is 64.6. The molecule has 0 saturated heterocycles. The van der Waals surface area contributed by atoms with Crippen molar-refractivity contribution in [2.24, 2.45) is 0 Å². The average Bonchev–Trinajstić information content (AvgIpc) is 1.57. The molecule has 0 radical (unpaired) electrons. The fourth-order valence-electron chi connectivity index (χ4n) is 14.0. The first kappa shape index (κ1) is 58.7. The number of hydrogen-bond acceptors (Lipinski definition) is 0. The minimum absolute atomic E-state index is 0. The predicted octanol–water partition coefficient (Wildman–Crippen LogP) is 22.7. The van der Waals surface area contributed by atoms with Crippen molar-refractivity contribution in [1.29, 1.82) is 0 Å². The van der Waals surface area contributed by atoms with Gasteiger partial charge in [0.2, 0.25) is 0 Å². The molecule has 11 aromatic rings. The van der Waals surface area contributed by atoms with Gasteiger partial charge in [-0.15, -0.1) is 0 Å². The summed E-state index contributed by atoms with van der Waals surface area (Å²) in [7, 11) is 0.500. The van der Waals surface area contributed by atoms with E-state index in [1.165, 1.54) is 144 Å². The minimum Gasteiger partial charge on any atom is -0.355 e. The fraction of sp³-hybridized carbons (Fsp3) is 0.200. The Bertz CT molecular complexity index is 4380. The topological polar surface area (TPSA) is 20.7 Å². The number of halogens is 1. The molecule has 0 spiro atoms. The van der Waals surface area contributed by atoms with Gasteiger partial charge in [-0.25, -0.2) is 0 Å². The van der Waals surface area contributed by atoms with Crippen LogP contribution in [0.1, 0.15) is 114 Å². The molecule has 0 fully saturated rings. The standard InChI is InChI=1S/C62H46N2.C13H16.2C2H6.CH3F.H2S/c1-61(2)51-24-12-8-16-39(51)47-33-50-42-19-11-15-27-57(42)64(58(50)35-53(47)61)60-45-22-6-4-20-43(45)59(44-21-5-7-23-46(44)60)38-30-28-37(29-31-38)36-62(3)52-25-13-9-17-40(52)48-32-49-41-18-10-14-26-55(41)63-56(49)34-54(48)62;1-3-5-6-10-13-11-8-7-9-12(13)4-2;3*1-2;/h4-14,16-26,28-35,63H,15,27,36H2,1-3H3;3-7,9-10H,1,8,11H2,2H3;2*1-2H3;1H3;1H2/b;6-5+,12-4+,13-10+;;;;. The van der Waals surface area contributed by atoms with Crippen molar-refractivity contribution in [1.82, 2.24) is 9.55 Å². The van der Waals surface area contributed by atoms with Crippen LogP contribution in [0.4, 0.5) is 4.39 Å². The molecule has 4 aliphatic rings. The zero-order valence-electron chi connectivity index (χ0n) is 50.4. The van der Waals surface area contributed by atoms with Crippen molar-refractivity contribution in [2.75, 3.05) is 7.18 Å². The van der Waals surface area contributed by atoms with E-state index in [-0.39, 0.29) is 24.3 Å². The number of para-hydroxylation sites is 1. The molecule has 2 nitrogen and oxygen atoms in total. The SMILES string of the molecule is C=C/C=C/C=C1\CCC=C\C1=C/C.CC.CC.CC1(C)c2ccccc2-c2cc3c4c(n(-c5c6ccccc6c(-c6ccc(CC7(C)c8ccccc8-c8cc9c(cc87)[nH]c7ccccc79)cc6)c6ccccc56)c3cc21)CCC=C4.CF.S. The Morgan fingerprint density at radius 1 is 0.548 bits per heavy atom. The third-order valence-electron chi connectivity index (χ3n) is 17.7. The maximum atomic E-state index is 9.50. The summed E-state index contributed by atoms with van der Waals surface area (Å²) in [6.07, 6.45) is 24.6. The number of H-pyrrole nitrogens is 1. The molecule has 422 valence electrons. The van der Waals surface area contributed by atoms with E-state index in [9.17, 15) is 4.39 Å². The van der Waals surface area contributed by atoms with Crippen molar-refractivity contribution < 1.29 is 4.39 Å². The first-order valence-electron chi connectivity index (χ1n) is 30.1. The van der Waals surface area contributed by atoms with Gasteiger partial charge in [-0.1, -0.05) is 249 Å². The van der Waals surface area contributed by atoms with Crippen molar-refractivity contribution in [3.63, 3.8) is 0 Å². The highest BCUT2D eigenvalue weighted by molar-refractivity contribution is 7.59. The quantitative estimate of drug-likeness (QED) is 0.127. The number of allylic oxidation sites excluding steroid dienone is 10. The monoisotopic (exact) mass is 1120 g/mol. The number of rotatable bonds is 6. The Kier molecular flexibility index (Phi) is 17.3. The lowest BCUT2D eigenvalue weighted by atomic mass is 9.75. The second kappa shape index (κ2) is 24.8. The van der Waals surface area contributed by atoms with Crippen molar-refractivity contribution >= 4 is 73.8 Å². The third-order valence-corrected chi connectivity index (χ3v) is 17.7. The van der Waals surface area contributed by atoms with Crippen LogP contribution in [-0.2, 0) is 23.7 Å². The molecular weight excluding hydrogens is 1040 g/mol. The van der Waals surface area contributed by atoms with Gasteiger partial charge in [-0.05, 0) is 152 Å². The molecule has 4 heteroatoms. The Hall–Kier alpha value is -8.44. The Balaban J connectivity index is 0.000000344. The van der Waals surface area contributed by atoms with E-state index in [0.29, 0.717) is 7.18 Å². The fourth-order valence-corrected chi connectivity index (χ4v) is 14.0. The highest BCUT2D eigenvalue weighted by atomic mass is 32.1. The van der Waals surface area contributed by atoms with E-state index in [1.807, 2.05) is 39.8 Å². The van der Waals surface area contributed by atoms with Gasteiger partial charge in [0.05, 0.1) is 18.4 Å². The van der Waals surface area contributed by atoms with Crippen LogP contribution < -0.4 is 0 Å². The number of nitrogens with one attached hydrogen (secondary N) is 1. The second-order valence-electron chi connectivity index (χ2n) is 22.4. The third kappa shape index (κ3) is 9.82. The molecule has 1 unspecified atom stereocenters. The van der Waals surface area contributed by atoms with Crippen LogP contribution in [0.5, 0.6) is 0 Å². The number of hydrogen-bond donors (Lipinski definition) is 1. The summed E-state index contributed by atoms with van der Waals surface area (Å²) in [5, 5.41) is 9.06. The molecule has 15 rings (SSSR count). The molecule has 2 aromatic heterocycles. The predicted molar refractivity (Wildman–Crippen MR) is 370 cm³/mol. The zero-order chi connectivity index (χ0) is 58.0. The Labute approximate surface area is 504 Å². The molecule has 4 aliphatic carbocycles.